The van der Waals surface area contributed by atoms with Crippen molar-refractivity contribution in [2.24, 2.45) is 0 Å². The van der Waals surface area contributed by atoms with Crippen LogP contribution >= 0.6 is 0 Å². The van der Waals surface area contributed by atoms with Crippen LogP contribution in [0.25, 0.3) is 10.9 Å². The predicted molar refractivity (Wildman–Crippen MR) is 104 cm³/mol. The number of hydrogen-bond donors (Lipinski definition) is 0. The highest BCUT2D eigenvalue weighted by atomic mass is 16.5. The molecule has 0 N–H and O–H groups in total. The zero-order valence-corrected chi connectivity index (χ0v) is 15.4. The van der Waals surface area contributed by atoms with E-state index in [1.54, 1.807) is 41.3 Å². The topological polar surface area (TPSA) is 81.5 Å². The van der Waals surface area contributed by atoms with Crippen molar-refractivity contribution in [1.82, 2.24) is 9.55 Å². The Morgan fingerprint density at radius 3 is 2.64 bits per heavy atom. The summed E-state index contributed by atoms with van der Waals surface area (Å²) < 4.78 is 6.56. The largest absolute Gasteiger partial charge is 0.425 e. The maximum Gasteiger partial charge on any atom is 0.331 e. The molecule has 7 heteroatoms. The van der Waals surface area contributed by atoms with Gasteiger partial charge in [0.1, 0.15) is 12.3 Å². The van der Waals surface area contributed by atoms with Crippen molar-refractivity contribution >= 4 is 28.5 Å². The Morgan fingerprint density at radius 1 is 1.14 bits per heavy atom. The molecule has 4 rings (SSSR count). The SMILES string of the molecule is Cc1cccc2c(=O)n(CC(=O)Oc3ccc(N4CCCC4=O)cc3)cnc12. The fourth-order valence-corrected chi connectivity index (χ4v) is 3.37. The van der Waals surface area contributed by atoms with Crippen LogP contribution in [0, 0.1) is 6.92 Å². The number of nitrogens with zero attached hydrogens (tertiary/aromatic N) is 3. The van der Waals surface area contributed by atoms with E-state index < -0.39 is 5.97 Å². The maximum atomic E-state index is 12.6. The Kier molecular flexibility index (Phi) is 4.65. The Balaban J connectivity index is 1.47. The minimum absolute atomic E-state index is 0.100. The Labute approximate surface area is 161 Å². The number of carbonyl (C=O) groups excluding carboxylic acids is 2. The van der Waals surface area contributed by atoms with E-state index >= 15 is 0 Å². The third-order valence-corrected chi connectivity index (χ3v) is 4.81. The van der Waals surface area contributed by atoms with Gasteiger partial charge in [-0.2, -0.15) is 0 Å². The zero-order valence-electron chi connectivity index (χ0n) is 15.4. The molecule has 2 aromatic carbocycles. The van der Waals surface area contributed by atoms with Crippen LogP contribution in [0.5, 0.6) is 5.75 Å². The molecular weight excluding hydrogens is 358 g/mol. The normalized spacial score (nSPS) is 13.9. The number of hydrogen-bond acceptors (Lipinski definition) is 5. The van der Waals surface area contributed by atoms with Crippen molar-refractivity contribution in [3.8, 4) is 5.75 Å². The van der Waals surface area contributed by atoms with Gasteiger partial charge in [0.2, 0.25) is 5.91 Å². The fourth-order valence-electron chi connectivity index (χ4n) is 3.37. The van der Waals surface area contributed by atoms with Gasteiger partial charge in [-0.3, -0.25) is 14.2 Å². The molecule has 142 valence electrons. The summed E-state index contributed by atoms with van der Waals surface area (Å²) in [6, 6.07) is 12.1. The molecule has 1 fully saturated rings. The van der Waals surface area contributed by atoms with Crippen LogP contribution in [0.2, 0.25) is 0 Å². The average molecular weight is 377 g/mol. The van der Waals surface area contributed by atoms with Gasteiger partial charge < -0.3 is 9.64 Å². The number of rotatable bonds is 4. The first kappa shape index (κ1) is 17.9. The van der Waals surface area contributed by atoms with Crippen LogP contribution in [0.4, 0.5) is 5.69 Å². The first-order valence-electron chi connectivity index (χ1n) is 9.09. The molecule has 0 aliphatic carbocycles. The lowest BCUT2D eigenvalue weighted by atomic mass is 10.1. The van der Waals surface area contributed by atoms with Crippen LogP contribution in [-0.4, -0.2) is 28.0 Å². The monoisotopic (exact) mass is 377 g/mol. The van der Waals surface area contributed by atoms with Gasteiger partial charge >= 0.3 is 5.97 Å². The molecule has 0 spiro atoms. The van der Waals surface area contributed by atoms with Gasteiger partial charge in [-0.1, -0.05) is 12.1 Å². The molecule has 1 aromatic heterocycles. The molecule has 7 nitrogen and oxygen atoms in total. The van der Waals surface area contributed by atoms with Gasteiger partial charge in [0.05, 0.1) is 17.2 Å². The van der Waals surface area contributed by atoms with Crippen LogP contribution in [0.3, 0.4) is 0 Å². The van der Waals surface area contributed by atoms with E-state index in [0.29, 0.717) is 29.6 Å². The van der Waals surface area contributed by atoms with Gasteiger partial charge in [-0.25, -0.2) is 9.78 Å². The van der Waals surface area contributed by atoms with E-state index in [4.69, 9.17) is 4.74 Å². The number of fused-ring (bicyclic) bond motifs is 1. The quantitative estimate of drug-likeness (QED) is 0.515. The second-order valence-electron chi connectivity index (χ2n) is 6.77. The van der Waals surface area contributed by atoms with Crippen molar-refractivity contribution in [3.63, 3.8) is 0 Å². The van der Waals surface area contributed by atoms with Gasteiger partial charge in [-0.15, -0.1) is 0 Å². The highest BCUT2D eigenvalue weighted by Crippen LogP contribution is 2.24. The summed E-state index contributed by atoms with van der Waals surface area (Å²) in [5.74, 6) is -0.109. The third kappa shape index (κ3) is 3.38. The number of amides is 1. The number of para-hydroxylation sites is 1. The first-order valence-corrected chi connectivity index (χ1v) is 9.09. The van der Waals surface area contributed by atoms with Crippen molar-refractivity contribution in [1.29, 1.82) is 0 Å². The van der Waals surface area contributed by atoms with Gasteiger partial charge in [0, 0.05) is 18.7 Å². The summed E-state index contributed by atoms with van der Waals surface area (Å²) >= 11 is 0. The van der Waals surface area contributed by atoms with E-state index in [1.807, 2.05) is 13.0 Å². The third-order valence-electron chi connectivity index (χ3n) is 4.81. The lowest BCUT2D eigenvalue weighted by Crippen LogP contribution is -2.27. The summed E-state index contributed by atoms with van der Waals surface area (Å²) in [6.45, 7) is 2.35. The molecule has 0 unspecified atom stereocenters. The zero-order chi connectivity index (χ0) is 19.7. The van der Waals surface area contributed by atoms with Crippen LogP contribution in [0.15, 0.2) is 53.6 Å². The minimum atomic E-state index is -0.569. The van der Waals surface area contributed by atoms with Gasteiger partial charge in [0.25, 0.3) is 5.56 Å². The summed E-state index contributed by atoms with van der Waals surface area (Å²) in [4.78, 5) is 42.6. The number of aromatic nitrogens is 2. The molecule has 1 saturated heterocycles. The number of benzene rings is 2. The molecule has 0 saturated carbocycles. The second kappa shape index (κ2) is 7.26. The molecule has 0 atom stereocenters. The van der Waals surface area contributed by atoms with E-state index in [0.717, 1.165) is 17.7 Å². The molecule has 1 amide bonds. The van der Waals surface area contributed by atoms with E-state index in [2.05, 4.69) is 4.98 Å². The number of carbonyl (C=O) groups is 2. The number of ether oxygens (including phenoxy) is 1. The van der Waals surface area contributed by atoms with Crippen molar-refractivity contribution < 1.29 is 14.3 Å². The number of aryl methyl sites for hydroxylation is 1. The van der Waals surface area contributed by atoms with Crippen LogP contribution in [-0.2, 0) is 16.1 Å². The van der Waals surface area contributed by atoms with Crippen molar-refractivity contribution in [2.45, 2.75) is 26.3 Å². The lowest BCUT2D eigenvalue weighted by molar-refractivity contribution is -0.135. The Bertz CT molecular complexity index is 1120. The molecule has 1 aliphatic rings. The second-order valence-corrected chi connectivity index (χ2v) is 6.77. The summed E-state index contributed by atoms with van der Waals surface area (Å²) in [5.41, 5.74) is 2.03. The van der Waals surface area contributed by atoms with Crippen molar-refractivity contribution in [3.05, 3.63) is 64.7 Å². The molecular formula is C21H19N3O4. The van der Waals surface area contributed by atoms with E-state index in [1.165, 1.54) is 10.9 Å². The van der Waals surface area contributed by atoms with Gasteiger partial charge in [-0.05, 0) is 49.2 Å². The van der Waals surface area contributed by atoms with Crippen LogP contribution in [0.1, 0.15) is 18.4 Å². The molecule has 0 radical (unpaired) electrons. The maximum absolute atomic E-state index is 12.6. The molecule has 0 bridgehead atoms. The summed E-state index contributed by atoms with van der Waals surface area (Å²) in [5, 5.41) is 0.468. The molecule has 1 aliphatic heterocycles. The van der Waals surface area contributed by atoms with E-state index in [-0.39, 0.29) is 18.0 Å². The summed E-state index contributed by atoms with van der Waals surface area (Å²) in [6.07, 6.45) is 2.77. The van der Waals surface area contributed by atoms with Crippen molar-refractivity contribution in [2.75, 3.05) is 11.4 Å². The number of esters is 1. The number of anilines is 1. The van der Waals surface area contributed by atoms with Crippen LogP contribution < -0.4 is 15.2 Å². The standard InChI is InChI=1S/C21H19N3O4/c1-14-4-2-5-17-20(14)22-13-23(21(17)27)12-19(26)28-16-9-7-15(8-10-16)24-11-3-6-18(24)25/h2,4-5,7-10,13H,3,6,11-12H2,1H3. The molecule has 28 heavy (non-hydrogen) atoms. The predicted octanol–water partition coefficient (Wildman–Crippen LogP) is 2.44. The fraction of sp³-hybridized carbons (Fsp3) is 0.238. The molecule has 2 heterocycles. The average Bonchev–Trinajstić information content (AvgIpc) is 3.11. The Hall–Kier alpha value is -3.48. The highest BCUT2D eigenvalue weighted by molar-refractivity contribution is 5.95. The van der Waals surface area contributed by atoms with E-state index in [9.17, 15) is 14.4 Å². The minimum Gasteiger partial charge on any atom is -0.425 e. The lowest BCUT2D eigenvalue weighted by Gasteiger charge is -2.15. The molecule has 3 aromatic rings. The Morgan fingerprint density at radius 2 is 1.93 bits per heavy atom. The summed E-state index contributed by atoms with van der Waals surface area (Å²) in [7, 11) is 0. The smallest absolute Gasteiger partial charge is 0.331 e. The highest BCUT2D eigenvalue weighted by Gasteiger charge is 2.21. The van der Waals surface area contributed by atoms with Gasteiger partial charge in [0.15, 0.2) is 0 Å². The first-order chi connectivity index (χ1) is 13.5.